The first-order valence-electron chi connectivity index (χ1n) is 12.1. The molecule has 0 unspecified atom stereocenters. The highest BCUT2D eigenvalue weighted by atomic mass is 32.2. The molecule has 2 aromatic rings. The molecule has 0 saturated carbocycles. The zero-order chi connectivity index (χ0) is 27.9. The van der Waals surface area contributed by atoms with Crippen molar-refractivity contribution in [3.05, 3.63) is 46.7 Å². The van der Waals surface area contributed by atoms with Gasteiger partial charge in [-0.25, -0.2) is 13.2 Å². The van der Waals surface area contributed by atoms with Crippen molar-refractivity contribution in [1.82, 2.24) is 4.72 Å². The Morgan fingerprint density at radius 2 is 1.73 bits per heavy atom. The summed E-state index contributed by atoms with van der Waals surface area (Å²) in [5.74, 6) is 0.144. The van der Waals surface area contributed by atoms with E-state index in [0.29, 0.717) is 5.75 Å². The molecule has 11 heteroatoms. The van der Waals surface area contributed by atoms with Crippen LogP contribution in [-0.2, 0) is 24.0 Å². The molecular formula is C26H38N2O6S2Si. The van der Waals surface area contributed by atoms with Gasteiger partial charge >= 0.3 is 5.97 Å². The third kappa shape index (κ3) is 6.44. The predicted molar refractivity (Wildman–Crippen MR) is 149 cm³/mol. The summed E-state index contributed by atoms with van der Waals surface area (Å²) in [5, 5.41) is 1.68. The first-order valence-corrected chi connectivity index (χ1v) is 17.4. The number of methoxy groups -OCH3 is 1. The molecule has 8 nitrogen and oxygen atoms in total. The molecule has 2 heterocycles. The van der Waals surface area contributed by atoms with Crippen LogP contribution in [-0.4, -0.2) is 46.9 Å². The second-order valence-corrected chi connectivity index (χ2v) is 19.1. The Labute approximate surface area is 225 Å². The van der Waals surface area contributed by atoms with Crippen LogP contribution in [0.1, 0.15) is 58.9 Å². The van der Waals surface area contributed by atoms with Crippen molar-refractivity contribution in [3.8, 4) is 5.75 Å². The van der Waals surface area contributed by atoms with E-state index in [0.717, 1.165) is 4.88 Å². The molecule has 1 aromatic carbocycles. The largest absolute Gasteiger partial charge is 0.497 e. The van der Waals surface area contributed by atoms with Crippen LogP contribution >= 0.6 is 11.3 Å². The summed E-state index contributed by atoms with van der Waals surface area (Å²) in [6, 6.07) is 9.07. The Kier molecular flexibility index (Phi) is 8.06. The van der Waals surface area contributed by atoms with Crippen molar-refractivity contribution in [2.45, 2.75) is 88.2 Å². The van der Waals surface area contributed by atoms with Crippen molar-refractivity contribution in [2.75, 3.05) is 7.11 Å². The van der Waals surface area contributed by atoms with E-state index in [1.165, 1.54) is 30.6 Å². The number of benzene rings is 1. The van der Waals surface area contributed by atoms with Crippen molar-refractivity contribution < 1.29 is 27.1 Å². The number of sulfonamides is 1. The molecule has 0 aliphatic carbocycles. The lowest BCUT2D eigenvalue weighted by molar-refractivity contribution is -0.176. The van der Waals surface area contributed by atoms with E-state index in [4.69, 9.17) is 18.9 Å². The molecule has 0 amide bonds. The number of rotatable bonds is 7. The predicted octanol–water partition coefficient (Wildman–Crippen LogP) is 5.68. The molecule has 1 aliphatic rings. The van der Waals surface area contributed by atoms with Gasteiger partial charge in [-0.15, -0.1) is 11.3 Å². The molecule has 0 spiro atoms. The van der Waals surface area contributed by atoms with Gasteiger partial charge in [-0.1, -0.05) is 26.8 Å². The Morgan fingerprint density at radius 1 is 1.11 bits per heavy atom. The topological polar surface area (TPSA) is 103 Å². The summed E-state index contributed by atoms with van der Waals surface area (Å²) < 4.78 is 47.0. The normalized spacial score (nSPS) is 20.9. The van der Waals surface area contributed by atoms with Gasteiger partial charge in [0.15, 0.2) is 13.9 Å². The number of hydrogen-bond acceptors (Lipinski definition) is 8. The second kappa shape index (κ2) is 10.2. The third-order valence-corrected chi connectivity index (χ3v) is 13.4. The minimum absolute atomic E-state index is 0.0590. The highest BCUT2D eigenvalue weighted by Gasteiger charge is 2.59. The van der Waals surface area contributed by atoms with Crippen LogP contribution in [0.3, 0.4) is 0 Å². The molecule has 1 N–H and O–H groups in total. The molecule has 2 atom stereocenters. The zero-order valence-corrected chi connectivity index (χ0v) is 25.7. The average molecular weight is 567 g/mol. The number of hydrogen-bond donors (Lipinski definition) is 1. The molecule has 37 heavy (non-hydrogen) atoms. The molecule has 0 bridgehead atoms. The quantitative estimate of drug-likeness (QED) is 0.342. The van der Waals surface area contributed by atoms with Gasteiger partial charge in [-0.3, -0.25) is 9.71 Å². The van der Waals surface area contributed by atoms with Gasteiger partial charge in [0.25, 0.3) is 10.0 Å². The maximum Gasteiger partial charge on any atom is 0.340 e. The number of carbonyl (C=O) groups excluding carboxylic acids is 1. The van der Waals surface area contributed by atoms with Crippen LogP contribution in [0.2, 0.25) is 18.1 Å². The van der Waals surface area contributed by atoms with Crippen molar-refractivity contribution in [1.29, 1.82) is 0 Å². The van der Waals surface area contributed by atoms with Crippen LogP contribution in [0.15, 0.2) is 51.7 Å². The monoisotopic (exact) mass is 566 g/mol. The smallest absolute Gasteiger partial charge is 0.340 e. The Bertz CT molecular complexity index is 1240. The number of thiophene rings is 1. The second-order valence-electron chi connectivity index (χ2n) is 11.7. The van der Waals surface area contributed by atoms with E-state index < -0.39 is 41.6 Å². The minimum atomic E-state index is -3.97. The summed E-state index contributed by atoms with van der Waals surface area (Å²) in [7, 11) is -5.02. The van der Waals surface area contributed by atoms with Crippen LogP contribution in [0, 0.1) is 0 Å². The Hall–Kier alpha value is -2.21. The van der Waals surface area contributed by atoms with Crippen LogP contribution in [0.4, 0.5) is 0 Å². The molecule has 0 fully saturated rings. The molecule has 1 aliphatic heterocycles. The van der Waals surface area contributed by atoms with Crippen molar-refractivity contribution >= 4 is 41.5 Å². The lowest BCUT2D eigenvalue weighted by Crippen LogP contribution is -2.57. The van der Waals surface area contributed by atoms with E-state index in [-0.39, 0.29) is 22.2 Å². The summed E-state index contributed by atoms with van der Waals surface area (Å²) in [6.45, 7) is 15.8. The van der Waals surface area contributed by atoms with E-state index >= 15 is 0 Å². The van der Waals surface area contributed by atoms with Gasteiger partial charge in [0.05, 0.1) is 12.0 Å². The van der Waals surface area contributed by atoms with Crippen molar-refractivity contribution in [2.24, 2.45) is 4.99 Å². The molecule has 0 saturated heterocycles. The summed E-state index contributed by atoms with van der Waals surface area (Å²) in [4.78, 5) is 19.6. The zero-order valence-electron chi connectivity index (χ0n) is 23.0. The number of carbonyl (C=O) groups is 1. The van der Waals surface area contributed by atoms with Gasteiger partial charge in [0.2, 0.25) is 0 Å². The molecular weight excluding hydrogens is 529 g/mol. The molecule has 3 rings (SSSR count). The molecule has 204 valence electrons. The number of ether oxygens (including phenoxy) is 2. The summed E-state index contributed by atoms with van der Waals surface area (Å²) in [5.41, 5.74) is -2.29. The number of nitrogens with zero attached hydrogens (tertiary/aromatic N) is 1. The number of esters is 1. The van der Waals surface area contributed by atoms with Crippen LogP contribution in [0.25, 0.3) is 0 Å². The first-order chi connectivity index (χ1) is 16.9. The molecule has 1 aromatic heterocycles. The van der Waals surface area contributed by atoms with Gasteiger partial charge < -0.3 is 13.9 Å². The van der Waals surface area contributed by atoms with Gasteiger partial charge in [0.1, 0.15) is 23.2 Å². The van der Waals surface area contributed by atoms with Crippen LogP contribution in [0.5, 0.6) is 5.75 Å². The van der Waals surface area contributed by atoms with Gasteiger partial charge in [-0.2, -0.15) is 0 Å². The van der Waals surface area contributed by atoms with Gasteiger partial charge in [-0.05, 0) is 74.6 Å². The SMILES string of the molecule is COc1ccc(S(=O)(=O)NC2=N[C@H](c3cccs3)[C@@](O[Si](C)(C)C(C)(C)C)(C(=O)OC(C)(C)C)C2)cc1. The maximum absolute atomic E-state index is 14.0. The van der Waals surface area contributed by atoms with E-state index in [1.54, 1.807) is 32.9 Å². The maximum atomic E-state index is 14.0. The van der Waals surface area contributed by atoms with E-state index in [9.17, 15) is 13.2 Å². The Morgan fingerprint density at radius 3 is 2.22 bits per heavy atom. The third-order valence-electron chi connectivity index (χ3n) is 6.58. The summed E-state index contributed by atoms with van der Waals surface area (Å²) in [6.07, 6.45) is -0.0631. The lowest BCUT2D eigenvalue weighted by atomic mass is 9.92. The van der Waals surface area contributed by atoms with E-state index in [1.807, 2.05) is 17.5 Å². The number of amidine groups is 1. The van der Waals surface area contributed by atoms with Crippen LogP contribution < -0.4 is 9.46 Å². The fourth-order valence-corrected chi connectivity index (χ4v) is 7.09. The number of nitrogens with one attached hydrogen (secondary N) is 1. The summed E-state index contributed by atoms with van der Waals surface area (Å²) >= 11 is 1.44. The Balaban J connectivity index is 2.09. The standard InChI is InChI=1S/C26H38N2O6S2Si/c1-24(2,3)33-23(29)26(34-37(8,9)25(4,5)6)17-21(27-22(26)20-11-10-16-35-20)28-36(30,31)19-14-12-18(32-7)13-15-19/h10-16,22H,17H2,1-9H3,(H,27,28)/t22-,26-/m1/s1. The average Bonchev–Trinajstić information content (AvgIpc) is 3.40. The van der Waals surface area contributed by atoms with Crippen molar-refractivity contribution in [3.63, 3.8) is 0 Å². The highest BCUT2D eigenvalue weighted by Crippen LogP contribution is 2.49. The number of aliphatic imine (C=N–C) groups is 1. The fourth-order valence-electron chi connectivity index (χ4n) is 3.71. The van der Waals surface area contributed by atoms with E-state index in [2.05, 4.69) is 38.6 Å². The lowest BCUT2D eigenvalue weighted by Gasteiger charge is -2.45. The highest BCUT2D eigenvalue weighted by molar-refractivity contribution is 7.90. The molecule has 0 radical (unpaired) electrons. The minimum Gasteiger partial charge on any atom is -0.497 e. The first kappa shape index (κ1) is 29.3. The fraction of sp³-hybridized carbons (Fsp3) is 0.538. The van der Waals surface area contributed by atoms with Gasteiger partial charge in [0, 0.05) is 11.3 Å².